The number of hydrogen-bond acceptors (Lipinski definition) is 9. The number of aromatic nitrogens is 1. The minimum Gasteiger partial charge on any atom is -0.494 e. The second-order valence-corrected chi connectivity index (χ2v) is 7.33. The number of hydrogen-bond donors (Lipinski definition) is 1. The van der Waals surface area contributed by atoms with Gasteiger partial charge in [-0.2, -0.15) is 5.26 Å². The van der Waals surface area contributed by atoms with Gasteiger partial charge in [-0.15, -0.1) is 0 Å². The third-order valence-corrected chi connectivity index (χ3v) is 5.28. The third-order valence-electron chi connectivity index (χ3n) is 5.28. The zero-order valence-corrected chi connectivity index (χ0v) is 17.8. The first-order valence-corrected chi connectivity index (χ1v) is 9.96. The normalized spacial score (nSPS) is 11.6. The van der Waals surface area contributed by atoms with E-state index in [4.69, 9.17) is 14.2 Å². The van der Waals surface area contributed by atoms with Crippen molar-refractivity contribution >= 4 is 11.5 Å². The molecule has 0 saturated heterocycles. The first-order chi connectivity index (χ1) is 16.3. The highest BCUT2D eigenvalue weighted by atomic mass is 16.7. The maximum Gasteiger partial charge on any atom is 0.310 e. The van der Waals surface area contributed by atoms with Crippen LogP contribution in [0, 0.1) is 28.4 Å². The van der Waals surface area contributed by atoms with Crippen LogP contribution >= 0.6 is 0 Å². The number of pyridine rings is 1. The van der Waals surface area contributed by atoms with Crippen LogP contribution in [0.25, 0.3) is 0 Å². The molecule has 2 aromatic carbocycles. The van der Waals surface area contributed by atoms with E-state index in [1.165, 1.54) is 31.2 Å². The molecule has 0 amide bonds. The fourth-order valence-corrected chi connectivity index (χ4v) is 3.60. The smallest absolute Gasteiger partial charge is 0.310 e. The van der Waals surface area contributed by atoms with Crippen LogP contribution in [-0.4, -0.2) is 33.8 Å². The number of aromatic hydroxyl groups is 1. The SMILES string of the molecule is Cc1c(C(=O)COc2ccccc2[N+](=O)[O-])c(O)n(Cc2ccc3c(c2)OCO3)c(=O)c1C#N. The second-order valence-electron chi connectivity index (χ2n) is 7.33. The van der Waals surface area contributed by atoms with Crippen LogP contribution in [0.15, 0.2) is 47.3 Å². The Balaban J connectivity index is 1.69. The number of fused-ring (bicyclic) bond motifs is 1. The van der Waals surface area contributed by atoms with Gasteiger partial charge in [0.2, 0.25) is 18.5 Å². The monoisotopic (exact) mass is 463 g/mol. The number of rotatable bonds is 7. The van der Waals surface area contributed by atoms with Crippen molar-refractivity contribution in [2.45, 2.75) is 13.5 Å². The van der Waals surface area contributed by atoms with Crippen LogP contribution in [0.4, 0.5) is 5.69 Å². The number of benzene rings is 2. The van der Waals surface area contributed by atoms with E-state index >= 15 is 0 Å². The molecule has 0 aliphatic carbocycles. The Morgan fingerprint density at radius 3 is 2.74 bits per heavy atom. The first-order valence-electron chi connectivity index (χ1n) is 9.96. The Morgan fingerprint density at radius 1 is 1.26 bits per heavy atom. The lowest BCUT2D eigenvalue weighted by Gasteiger charge is -2.16. The van der Waals surface area contributed by atoms with E-state index in [-0.39, 0.29) is 41.5 Å². The van der Waals surface area contributed by atoms with Gasteiger partial charge in [0, 0.05) is 6.07 Å². The zero-order chi connectivity index (χ0) is 24.4. The highest BCUT2D eigenvalue weighted by Crippen LogP contribution is 2.33. The Labute approximate surface area is 192 Å². The number of para-hydroxylation sites is 2. The zero-order valence-electron chi connectivity index (χ0n) is 17.8. The lowest BCUT2D eigenvalue weighted by atomic mass is 10.0. The highest BCUT2D eigenvalue weighted by molar-refractivity contribution is 6.01. The fourth-order valence-electron chi connectivity index (χ4n) is 3.60. The van der Waals surface area contributed by atoms with Crippen molar-refractivity contribution < 1.29 is 29.0 Å². The summed E-state index contributed by atoms with van der Waals surface area (Å²) in [7, 11) is 0. The molecule has 0 unspecified atom stereocenters. The molecule has 2 heterocycles. The predicted octanol–water partition coefficient (Wildman–Crippen LogP) is 2.68. The quantitative estimate of drug-likeness (QED) is 0.316. The standard InChI is InChI=1S/C23H17N3O8/c1-13-15(9-24)22(28)25(10-14-6-7-19-20(8-14)34-12-33-19)23(29)21(13)17(27)11-32-18-5-3-2-4-16(18)26(30)31/h2-8,29H,10-12H2,1H3. The molecule has 0 fully saturated rings. The summed E-state index contributed by atoms with van der Waals surface area (Å²) in [6.07, 6.45) is 0. The molecule has 1 N–H and O–H groups in total. The van der Waals surface area contributed by atoms with Gasteiger partial charge >= 0.3 is 5.69 Å². The summed E-state index contributed by atoms with van der Waals surface area (Å²) in [6.45, 7) is 0.613. The summed E-state index contributed by atoms with van der Waals surface area (Å²) >= 11 is 0. The van der Waals surface area contributed by atoms with Crippen LogP contribution in [0.3, 0.4) is 0 Å². The largest absolute Gasteiger partial charge is 0.494 e. The maximum absolute atomic E-state index is 13.0. The minimum absolute atomic E-state index is 0.0110. The number of nitro benzene ring substituents is 1. The van der Waals surface area contributed by atoms with Crippen molar-refractivity contribution in [1.29, 1.82) is 5.26 Å². The van der Waals surface area contributed by atoms with E-state index in [0.717, 1.165) is 4.57 Å². The number of nitriles is 1. The molecular formula is C23H17N3O8. The maximum atomic E-state index is 13.0. The van der Waals surface area contributed by atoms with Gasteiger partial charge in [0.25, 0.3) is 5.56 Å². The number of carbonyl (C=O) groups is 1. The van der Waals surface area contributed by atoms with Crippen LogP contribution in [-0.2, 0) is 6.54 Å². The number of carbonyl (C=O) groups excluding carboxylic acids is 1. The molecule has 1 aliphatic rings. The molecule has 34 heavy (non-hydrogen) atoms. The van der Waals surface area contributed by atoms with Gasteiger partial charge in [-0.1, -0.05) is 18.2 Å². The lowest BCUT2D eigenvalue weighted by Crippen LogP contribution is -2.28. The minimum atomic E-state index is -0.772. The molecule has 172 valence electrons. The van der Waals surface area contributed by atoms with Crippen LogP contribution < -0.4 is 19.8 Å². The molecule has 0 saturated carbocycles. The Hall–Kier alpha value is -4.85. The highest BCUT2D eigenvalue weighted by Gasteiger charge is 2.26. The summed E-state index contributed by atoms with van der Waals surface area (Å²) in [6, 6.07) is 12.2. The number of nitro groups is 1. The molecule has 11 nitrogen and oxygen atoms in total. The molecule has 1 aliphatic heterocycles. The molecule has 1 aromatic heterocycles. The topological polar surface area (TPSA) is 154 Å². The van der Waals surface area contributed by atoms with E-state index in [0.29, 0.717) is 17.1 Å². The molecule has 0 spiro atoms. The number of Topliss-reactive ketones (excluding diaryl/α,β-unsaturated/α-hetero) is 1. The number of nitrogens with zero attached hydrogens (tertiary/aromatic N) is 3. The molecular weight excluding hydrogens is 446 g/mol. The molecule has 11 heteroatoms. The summed E-state index contributed by atoms with van der Waals surface area (Å²) < 4.78 is 16.8. The van der Waals surface area contributed by atoms with Gasteiger partial charge < -0.3 is 19.3 Å². The summed E-state index contributed by atoms with van der Waals surface area (Å²) in [5, 5.41) is 31.5. The Morgan fingerprint density at radius 2 is 2.00 bits per heavy atom. The molecule has 0 atom stereocenters. The van der Waals surface area contributed by atoms with Crippen molar-refractivity contribution in [3.05, 3.63) is 85.2 Å². The van der Waals surface area contributed by atoms with Gasteiger partial charge in [0.15, 0.2) is 23.9 Å². The Bertz CT molecular complexity index is 1420. The van der Waals surface area contributed by atoms with Gasteiger partial charge in [-0.3, -0.25) is 24.3 Å². The van der Waals surface area contributed by atoms with Crippen molar-refractivity contribution in [3.63, 3.8) is 0 Å². The molecule has 3 aromatic rings. The average molecular weight is 463 g/mol. The number of ketones is 1. The third kappa shape index (κ3) is 4.00. The summed E-state index contributed by atoms with van der Waals surface area (Å²) in [4.78, 5) is 36.3. The van der Waals surface area contributed by atoms with Crippen LogP contribution in [0.5, 0.6) is 23.1 Å². The van der Waals surface area contributed by atoms with E-state index in [1.807, 2.05) is 0 Å². The average Bonchev–Trinajstić information content (AvgIpc) is 3.29. The molecule has 0 bridgehead atoms. The van der Waals surface area contributed by atoms with Gasteiger partial charge in [-0.05, 0) is 36.2 Å². The van der Waals surface area contributed by atoms with Crippen molar-refractivity contribution in [3.8, 4) is 29.2 Å². The van der Waals surface area contributed by atoms with Crippen molar-refractivity contribution in [1.82, 2.24) is 4.57 Å². The van der Waals surface area contributed by atoms with Gasteiger partial charge in [-0.25, -0.2) is 0 Å². The van der Waals surface area contributed by atoms with E-state index in [2.05, 4.69) is 0 Å². The van der Waals surface area contributed by atoms with Crippen molar-refractivity contribution in [2.75, 3.05) is 13.4 Å². The molecule has 4 rings (SSSR count). The number of ether oxygens (including phenoxy) is 3. The summed E-state index contributed by atoms with van der Waals surface area (Å²) in [5.41, 5.74) is -1.15. The molecule has 0 radical (unpaired) electrons. The van der Waals surface area contributed by atoms with Crippen LogP contribution in [0.1, 0.15) is 27.0 Å². The van der Waals surface area contributed by atoms with E-state index in [9.17, 15) is 30.1 Å². The predicted molar refractivity (Wildman–Crippen MR) is 116 cm³/mol. The fraction of sp³-hybridized carbons (Fsp3) is 0.174. The van der Waals surface area contributed by atoms with E-state index < -0.39 is 28.8 Å². The lowest BCUT2D eigenvalue weighted by molar-refractivity contribution is -0.385. The van der Waals surface area contributed by atoms with E-state index in [1.54, 1.807) is 24.3 Å². The van der Waals surface area contributed by atoms with Gasteiger partial charge in [0.05, 0.1) is 17.0 Å². The second kappa shape index (κ2) is 8.95. The Kier molecular flexibility index (Phi) is 5.88. The first kappa shape index (κ1) is 22.3. The van der Waals surface area contributed by atoms with Gasteiger partial charge in [0.1, 0.15) is 11.6 Å². The summed E-state index contributed by atoms with van der Waals surface area (Å²) in [5.74, 6) is -0.539. The van der Waals surface area contributed by atoms with Crippen LogP contribution in [0.2, 0.25) is 0 Å². The van der Waals surface area contributed by atoms with Crippen molar-refractivity contribution in [2.24, 2.45) is 0 Å².